The van der Waals surface area contributed by atoms with Gasteiger partial charge in [-0.1, -0.05) is 26.0 Å². The van der Waals surface area contributed by atoms with Crippen LogP contribution in [0.1, 0.15) is 26.7 Å². The first-order chi connectivity index (χ1) is 8.08. The van der Waals surface area contributed by atoms with Gasteiger partial charge in [-0.05, 0) is 24.7 Å². The normalized spacial score (nSPS) is 24.1. The summed E-state index contributed by atoms with van der Waals surface area (Å²) in [6.07, 6.45) is 6.29. The minimum atomic E-state index is -0.798. The van der Waals surface area contributed by atoms with Gasteiger partial charge in [0.2, 0.25) is 5.03 Å². The Morgan fingerprint density at radius 1 is 1.59 bits per heavy atom. The van der Waals surface area contributed by atoms with Gasteiger partial charge in [-0.3, -0.25) is 0 Å². The molecule has 0 aromatic rings. The Balaban J connectivity index is 2.08. The highest BCUT2D eigenvalue weighted by atomic mass is 32.2. The van der Waals surface area contributed by atoms with Crippen molar-refractivity contribution in [3.05, 3.63) is 22.8 Å². The van der Waals surface area contributed by atoms with Gasteiger partial charge in [0.05, 0.1) is 0 Å². The van der Waals surface area contributed by atoms with Gasteiger partial charge in [0.1, 0.15) is 11.8 Å². The van der Waals surface area contributed by atoms with E-state index in [2.05, 4.69) is 19.2 Å². The molecule has 4 heteroatoms. The summed E-state index contributed by atoms with van der Waals surface area (Å²) in [7, 11) is 0. The monoisotopic (exact) mass is 254 g/mol. The Hall–Kier alpha value is -0.900. The van der Waals surface area contributed by atoms with Gasteiger partial charge in [-0.25, -0.2) is 4.79 Å². The fourth-order valence-corrected chi connectivity index (χ4v) is 3.05. The van der Waals surface area contributed by atoms with Crippen LogP contribution in [0.5, 0.6) is 0 Å². The minimum absolute atomic E-state index is 0.549. The Kier molecular flexibility index (Phi) is 3.82. The van der Waals surface area contributed by atoms with Crippen LogP contribution in [0.15, 0.2) is 22.8 Å². The van der Waals surface area contributed by atoms with Gasteiger partial charge < -0.3 is 10.4 Å². The maximum Gasteiger partial charge on any atom is 0.330 e. The number of nitrogens with one attached hydrogen (secondary N) is 1. The van der Waals surface area contributed by atoms with Crippen LogP contribution in [0.3, 0.4) is 0 Å². The third-order valence-corrected chi connectivity index (χ3v) is 4.55. The molecule has 2 aliphatic rings. The summed E-state index contributed by atoms with van der Waals surface area (Å²) in [5.74, 6) is 1.59. The van der Waals surface area contributed by atoms with Crippen LogP contribution in [0.4, 0.5) is 0 Å². The molecule has 2 rings (SSSR count). The van der Waals surface area contributed by atoms with E-state index < -0.39 is 12.0 Å². The van der Waals surface area contributed by atoms with Crippen LogP contribution in [0, 0.1) is 11.8 Å². The summed E-state index contributed by atoms with van der Waals surface area (Å²) in [6, 6.07) is -0.549. The van der Waals surface area contributed by atoms with Crippen molar-refractivity contribution in [2.45, 2.75) is 32.7 Å². The molecular weight excluding hydrogens is 234 g/mol. The zero-order valence-electron chi connectivity index (χ0n) is 10.3. The van der Waals surface area contributed by atoms with E-state index in [0.29, 0.717) is 11.8 Å². The van der Waals surface area contributed by atoms with E-state index in [1.807, 2.05) is 6.08 Å². The smallest absolute Gasteiger partial charge is 0.330 e. The number of thiol groups is 1. The number of carboxylic acids is 1. The molecule has 1 saturated carbocycles. The minimum Gasteiger partial charge on any atom is -0.479 e. The maximum atomic E-state index is 11.0. The Morgan fingerprint density at radius 3 is 2.82 bits per heavy atom. The lowest BCUT2D eigenvalue weighted by atomic mass is 10.1. The summed E-state index contributed by atoms with van der Waals surface area (Å²) in [5.41, 5.74) is 1.34. The molecule has 0 aromatic carbocycles. The van der Waals surface area contributed by atoms with E-state index >= 15 is 0 Å². The maximum absolute atomic E-state index is 11.0. The van der Waals surface area contributed by atoms with E-state index in [1.54, 1.807) is 6.08 Å². The quantitative estimate of drug-likeness (QED) is 0.580. The van der Waals surface area contributed by atoms with E-state index in [-0.39, 0.29) is 0 Å². The summed E-state index contributed by atoms with van der Waals surface area (Å²) in [4.78, 5) is 11.0. The summed E-state index contributed by atoms with van der Waals surface area (Å²) in [5, 5.41) is 13.3. The van der Waals surface area contributed by atoms with Crippen molar-refractivity contribution in [3.8, 4) is 0 Å². The number of hydrogen-bond donors (Lipinski definition) is 2. The van der Waals surface area contributed by atoms with Crippen molar-refractivity contribution in [3.63, 3.8) is 0 Å². The summed E-state index contributed by atoms with van der Waals surface area (Å²) < 4.78 is 0. The molecular formula is C13H20NO2S+. The lowest BCUT2D eigenvalue weighted by molar-refractivity contribution is -0.137. The van der Waals surface area contributed by atoms with Crippen molar-refractivity contribution in [2.24, 2.45) is 11.8 Å². The number of dihydropyridines is 1. The third-order valence-electron chi connectivity index (χ3n) is 2.93. The van der Waals surface area contributed by atoms with Crippen molar-refractivity contribution in [1.29, 1.82) is 0 Å². The first-order valence-corrected chi connectivity index (χ1v) is 7.25. The molecule has 17 heavy (non-hydrogen) atoms. The van der Waals surface area contributed by atoms with E-state index in [0.717, 1.165) is 10.8 Å². The second kappa shape index (κ2) is 5.17. The summed E-state index contributed by atoms with van der Waals surface area (Å²) >= 11 is 1.23. The first kappa shape index (κ1) is 12.6. The fraction of sp³-hybridized carbons (Fsp3) is 0.615. The standard InChI is InChI=1S/C13H19NO2S/c1-8(2)7-17-12-10(9-3-4-9)5-6-11(14-12)13(15)16/h5-6,8-9,11,14H,3-4,7H2,1-2H3,(H,15,16)/p+1. The molecule has 94 valence electrons. The van der Waals surface area contributed by atoms with E-state index in [1.165, 1.54) is 30.2 Å². The molecule has 1 atom stereocenters. The number of carboxylic acid groups (broad SMARTS) is 1. The van der Waals surface area contributed by atoms with E-state index in [9.17, 15) is 4.79 Å². The molecule has 2 N–H and O–H groups in total. The fourth-order valence-electron chi connectivity index (χ4n) is 1.84. The molecule has 0 bridgehead atoms. The van der Waals surface area contributed by atoms with Crippen molar-refractivity contribution < 1.29 is 9.90 Å². The highest BCUT2D eigenvalue weighted by Gasteiger charge is 2.34. The predicted molar refractivity (Wildman–Crippen MR) is 71.9 cm³/mol. The largest absolute Gasteiger partial charge is 0.479 e. The van der Waals surface area contributed by atoms with Crippen LogP contribution in [0.2, 0.25) is 0 Å². The number of aliphatic carboxylic acids is 1. The second-order valence-electron chi connectivity index (χ2n) is 5.13. The summed E-state index contributed by atoms with van der Waals surface area (Å²) in [6.45, 7) is 4.38. The molecule has 1 aliphatic heterocycles. The highest BCUT2D eigenvalue weighted by Crippen LogP contribution is 2.39. The second-order valence-corrected chi connectivity index (χ2v) is 6.26. The van der Waals surface area contributed by atoms with Gasteiger partial charge in [0.25, 0.3) is 0 Å². The zero-order chi connectivity index (χ0) is 12.4. The Labute approximate surface area is 106 Å². The SMILES string of the molecule is CC(C)C[SH+]C1=C(C2CC2)C=CC(C(=O)O)N1. The topological polar surface area (TPSA) is 49.3 Å². The van der Waals surface area contributed by atoms with Crippen LogP contribution in [-0.4, -0.2) is 22.9 Å². The molecule has 0 radical (unpaired) electrons. The zero-order valence-corrected chi connectivity index (χ0v) is 11.2. The lowest BCUT2D eigenvalue weighted by Gasteiger charge is -2.17. The molecule has 1 fully saturated rings. The molecule has 1 aliphatic carbocycles. The first-order valence-electron chi connectivity index (χ1n) is 6.17. The molecule has 1 heterocycles. The van der Waals surface area contributed by atoms with Gasteiger partial charge >= 0.3 is 5.97 Å². The third kappa shape index (κ3) is 3.28. The van der Waals surface area contributed by atoms with Gasteiger partial charge in [-0.2, -0.15) is 0 Å². The van der Waals surface area contributed by atoms with E-state index in [4.69, 9.17) is 5.11 Å². The molecule has 3 nitrogen and oxygen atoms in total. The Morgan fingerprint density at radius 2 is 2.29 bits per heavy atom. The molecule has 0 spiro atoms. The highest BCUT2D eigenvalue weighted by molar-refractivity contribution is 7.82. The predicted octanol–water partition coefficient (Wildman–Crippen LogP) is 1.69. The van der Waals surface area contributed by atoms with Crippen LogP contribution in [-0.2, 0) is 16.6 Å². The molecule has 0 aromatic heterocycles. The van der Waals surface area contributed by atoms with Crippen molar-refractivity contribution >= 4 is 17.7 Å². The van der Waals surface area contributed by atoms with Crippen molar-refractivity contribution in [2.75, 3.05) is 5.75 Å². The molecule has 0 saturated heterocycles. The molecule has 1 unspecified atom stereocenters. The van der Waals surface area contributed by atoms with Gasteiger partial charge in [0.15, 0.2) is 0 Å². The average Bonchev–Trinajstić information content (AvgIpc) is 3.09. The van der Waals surface area contributed by atoms with Gasteiger partial charge in [0, 0.05) is 17.3 Å². The van der Waals surface area contributed by atoms with Crippen molar-refractivity contribution in [1.82, 2.24) is 5.32 Å². The number of allylic oxidation sites excluding steroid dienone is 2. The van der Waals surface area contributed by atoms with Crippen LogP contribution >= 0.6 is 0 Å². The number of carbonyl (C=O) groups is 1. The van der Waals surface area contributed by atoms with Crippen LogP contribution in [0.25, 0.3) is 0 Å². The molecule has 0 amide bonds. The Bertz CT molecular complexity index is 370. The average molecular weight is 254 g/mol. The van der Waals surface area contributed by atoms with Gasteiger partial charge in [-0.15, -0.1) is 0 Å². The lowest BCUT2D eigenvalue weighted by Crippen LogP contribution is -2.38. The number of hydrogen-bond acceptors (Lipinski definition) is 2. The van der Waals surface area contributed by atoms with Crippen LogP contribution < -0.4 is 5.32 Å². The number of rotatable bonds is 5.